The quantitative estimate of drug-likeness (QED) is 0.709. The fourth-order valence-electron chi connectivity index (χ4n) is 1.54. The first-order valence-corrected chi connectivity index (χ1v) is 6.53. The zero-order chi connectivity index (χ0) is 16.2. The maximum absolute atomic E-state index is 11.6. The molecule has 1 aliphatic rings. The molecule has 0 spiro atoms. The predicted octanol–water partition coefficient (Wildman–Crippen LogP) is 0.688. The Kier molecular flexibility index (Phi) is 5.45. The second-order valence-corrected chi connectivity index (χ2v) is 4.30. The van der Waals surface area contributed by atoms with Crippen LogP contribution < -0.4 is 0 Å². The number of rotatable bonds is 4. The van der Waals surface area contributed by atoms with Gasteiger partial charge in [-0.2, -0.15) is 0 Å². The fourth-order valence-corrected chi connectivity index (χ4v) is 1.54. The van der Waals surface area contributed by atoms with Crippen molar-refractivity contribution in [3.05, 3.63) is 11.8 Å². The molecule has 0 aromatic carbocycles. The highest BCUT2D eigenvalue weighted by Crippen LogP contribution is 2.27. The molecule has 0 atom stereocenters. The average molecular weight is 298 g/mol. The Bertz CT molecular complexity index is 467. The lowest BCUT2D eigenvalue weighted by molar-refractivity contribution is -0.147. The Balaban J connectivity index is 3.24. The van der Waals surface area contributed by atoms with Gasteiger partial charge in [0.25, 0.3) is 11.8 Å². The van der Waals surface area contributed by atoms with Gasteiger partial charge in [-0.05, 0) is 0 Å². The molecule has 2 amide bonds. The Labute approximate surface area is 122 Å². The summed E-state index contributed by atoms with van der Waals surface area (Å²) >= 11 is 0. The number of ether oxygens (including phenoxy) is 2. The first kappa shape index (κ1) is 16.7. The third-order valence-electron chi connectivity index (χ3n) is 2.71. The van der Waals surface area contributed by atoms with E-state index in [4.69, 9.17) is 9.47 Å². The van der Waals surface area contributed by atoms with E-state index < -0.39 is 23.8 Å². The summed E-state index contributed by atoms with van der Waals surface area (Å²) in [7, 11) is 0. The van der Waals surface area contributed by atoms with Crippen LogP contribution in [0.25, 0.3) is 0 Å². The van der Waals surface area contributed by atoms with Crippen molar-refractivity contribution in [2.24, 2.45) is 0 Å². The van der Waals surface area contributed by atoms with Crippen molar-refractivity contribution in [1.29, 1.82) is 0 Å². The molecular formula is C13H18N2O6. The van der Waals surface area contributed by atoms with E-state index in [2.05, 4.69) is 0 Å². The molecule has 1 aliphatic heterocycles. The fraction of sp³-hybridized carbons (Fsp3) is 0.538. The Hall–Kier alpha value is -2.38. The second kappa shape index (κ2) is 6.87. The van der Waals surface area contributed by atoms with Crippen LogP contribution in [0, 0.1) is 0 Å². The molecule has 116 valence electrons. The van der Waals surface area contributed by atoms with Crippen molar-refractivity contribution in [3.63, 3.8) is 0 Å². The highest BCUT2D eigenvalue weighted by Gasteiger charge is 2.39. The van der Waals surface area contributed by atoms with Crippen LogP contribution in [0.5, 0.6) is 0 Å². The summed E-state index contributed by atoms with van der Waals surface area (Å²) in [6.45, 7) is 5.50. The topological polar surface area (TPSA) is 93.2 Å². The van der Waals surface area contributed by atoms with E-state index in [0.717, 1.165) is 9.80 Å². The number of carbonyl (C=O) groups is 4. The lowest BCUT2D eigenvalue weighted by Crippen LogP contribution is -2.34. The molecular weight excluding hydrogens is 280 g/mol. The highest BCUT2D eigenvalue weighted by atomic mass is 16.6. The summed E-state index contributed by atoms with van der Waals surface area (Å²) in [6.07, 6.45) is 0.147. The van der Waals surface area contributed by atoms with Crippen LogP contribution in [-0.4, -0.2) is 40.2 Å². The minimum Gasteiger partial charge on any atom is -0.403 e. The summed E-state index contributed by atoms with van der Waals surface area (Å²) in [5.74, 6) is -2.55. The zero-order valence-corrected chi connectivity index (χ0v) is 12.5. The first-order chi connectivity index (χ1) is 9.81. The summed E-state index contributed by atoms with van der Waals surface area (Å²) in [5, 5.41) is 0. The van der Waals surface area contributed by atoms with Crippen LogP contribution >= 0.6 is 0 Å². The Morgan fingerprint density at radius 1 is 0.857 bits per heavy atom. The van der Waals surface area contributed by atoms with Gasteiger partial charge in [0.2, 0.25) is 11.8 Å². The summed E-state index contributed by atoms with van der Waals surface area (Å²) in [5.41, 5.74) is 0. The Morgan fingerprint density at radius 2 is 1.19 bits per heavy atom. The van der Waals surface area contributed by atoms with E-state index in [-0.39, 0.29) is 31.3 Å². The van der Waals surface area contributed by atoms with Crippen LogP contribution in [0.1, 0.15) is 40.5 Å². The molecule has 0 saturated carbocycles. The molecule has 0 aliphatic carbocycles. The summed E-state index contributed by atoms with van der Waals surface area (Å²) in [6, 6.07) is 0. The highest BCUT2D eigenvalue weighted by molar-refractivity contribution is 5.82. The minimum absolute atomic E-state index is 0.0737. The molecule has 1 rings (SSSR count). The first-order valence-electron chi connectivity index (χ1n) is 6.53. The smallest absolute Gasteiger partial charge is 0.312 e. The van der Waals surface area contributed by atoms with Gasteiger partial charge < -0.3 is 9.47 Å². The van der Waals surface area contributed by atoms with Crippen molar-refractivity contribution < 1.29 is 28.7 Å². The van der Waals surface area contributed by atoms with Gasteiger partial charge in [-0.25, -0.2) is 0 Å². The molecule has 1 heterocycles. The van der Waals surface area contributed by atoms with Gasteiger partial charge in [0, 0.05) is 26.7 Å². The molecule has 0 fully saturated rings. The lowest BCUT2D eigenvalue weighted by atomic mass is 10.5. The maximum atomic E-state index is 11.6. The lowest BCUT2D eigenvalue weighted by Gasteiger charge is -2.17. The molecule has 0 bridgehead atoms. The molecule has 8 nitrogen and oxygen atoms in total. The number of hydrogen-bond donors (Lipinski definition) is 0. The third kappa shape index (κ3) is 3.80. The average Bonchev–Trinajstić information content (AvgIpc) is 2.77. The second-order valence-electron chi connectivity index (χ2n) is 4.30. The van der Waals surface area contributed by atoms with Gasteiger partial charge in [0.05, 0.1) is 0 Å². The summed E-state index contributed by atoms with van der Waals surface area (Å²) < 4.78 is 10.1. The SMILES string of the molecule is CCC(=O)OC1=C(OC(=O)CC)N(C(C)=O)CN1C(C)=O. The van der Waals surface area contributed by atoms with Crippen LogP contribution in [-0.2, 0) is 28.7 Å². The number of nitrogens with zero attached hydrogens (tertiary/aromatic N) is 2. The van der Waals surface area contributed by atoms with Crippen molar-refractivity contribution >= 4 is 23.8 Å². The van der Waals surface area contributed by atoms with E-state index in [1.165, 1.54) is 13.8 Å². The third-order valence-corrected chi connectivity index (χ3v) is 2.71. The van der Waals surface area contributed by atoms with Gasteiger partial charge in [-0.15, -0.1) is 0 Å². The van der Waals surface area contributed by atoms with Crippen LogP contribution in [0.4, 0.5) is 0 Å². The van der Waals surface area contributed by atoms with Gasteiger partial charge in [-0.1, -0.05) is 13.8 Å². The van der Waals surface area contributed by atoms with Crippen LogP contribution in [0.3, 0.4) is 0 Å². The van der Waals surface area contributed by atoms with E-state index in [1.54, 1.807) is 13.8 Å². The van der Waals surface area contributed by atoms with Crippen molar-refractivity contribution in [2.75, 3.05) is 6.67 Å². The number of amides is 2. The van der Waals surface area contributed by atoms with Gasteiger partial charge in [0.1, 0.15) is 6.67 Å². The molecule has 8 heteroatoms. The molecule has 0 unspecified atom stereocenters. The van der Waals surface area contributed by atoms with Crippen molar-refractivity contribution in [2.45, 2.75) is 40.5 Å². The van der Waals surface area contributed by atoms with E-state index in [0.29, 0.717) is 0 Å². The maximum Gasteiger partial charge on any atom is 0.312 e. The van der Waals surface area contributed by atoms with Gasteiger partial charge in [0.15, 0.2) is 0 Å². The number of carbonyl (C=O) groups excluding carboxylic acids is 4. The van der Waals surface area contributed by atoms with Gasteiger partial charge in [-0.3, -0.25) is 29.0 Å². The largest absolute Gasteiger partial charge is 0.403 e. The molecule has 0 radical (unpaired) electrons. The monoisotopic (exact) mass is 298 g/mol. The molecule has 0 aromatic heterocycles. The minimum atomic E-state index is -0.605. The zero-order valence-electron chi connectivity index (χ0n) is 12.5. The van der Waals surface area contributed by atoms with Crippen molar-refractivity contribution in [1.82, 2.24) is 9.80 Å². The molecule has 0 saturated heterocycles. The normalized spacial score (nSPS) is 14.3. The van der Waals surface area contributed by atoms with Crippen LogP contribution in [0.15, 0.2) is 11.8 Å². The molecule has 21 heavy (non-hydrogen) atoms. The van der Waals surface area contributed by atoms with E-state index in [9.17, 15) is 19.2 Å². The van der Waals surface area contributed by atoms with Gasteiger partial charge >= 0.3 is 11.9 Å². The van der Waals surface area contributed by atoms with E-state index in [1.807, 2.05) is 0 Å². The van der Waals surface area contributed by atoms with Crippen molar-refractivity contribution in [3.8, 4) is 0 Å². The van der Waals surface area contributed by atoms with Crippen LogP contribution in [0.2, 0.25) is 0 Å². The molecule has 0 N–H and O–H groups in total. The number of esters is 2. The van der Waals surface area contributed by atoms with E-state index >= 15 is 0 Å². The Morgan fingerprint density at radius 3 is 1.43 bits per heavy atom. The standard InChI is InChI=1S/C13H18N2O6/c1-5-10(18)20-12-13(21-11(19)6-2)15(9(4)17)7-14(12)8(3)16/h5-7H2,1-4H3. The summed E-state index contributed by atoms with van der Waals surface area (Å²) in [4.78, 5) is 48.3. The molecule has 0 aromatic rings. The predicted molar refractivity (Wildman–Crippen MR) is 69.7 cm³/mol. The number of hydrogen-bond acceptors (Lipinski definition) is 6.